The zero-order valence-corrected chi connectivity index (χ0v) is 18.0. The Kier molecular flexibility index (Phi) is 5.56. The number of rotatable bonds is 6. The third-order valence-electron chi connectivity index (χ3n) is 4.67. The van der Waals surface area contributed by atoms with Crippen molar-refractivity contribution < 1.29 is 13.2 Å². The van der Waals surface area contributed by atoms with E-state index < -0.39 is 15.9 Å². The lowest BCUT2D eigenvalue weighted by Crippen LogP contribution is -2.34. The summed E-state index contributed by atoms with van der Waals surface area (Å²) in [7, 11) is -2.54. The summed E-state index contributed by atoms with van der Waals surface area (Å²) in [5.41, 5.74) is 2.99. The zero-order valence-electron chi connectivity index (χ0n) is 16.4. The van der Waals surface area contributed by atoms with Crippen LogP contribution in [0.2, 0.25) is 0 Å². The lowest BCUT2D eigenvalue weighted by molar-refractivity contribution is -0.116. The van der Waals surface area contributed by atoms with Crippen molar-refractivity contribution in [2.75, 3.05) is 18.9 Å². The highest BCUT2D eigenvalue weighted by molar-refractivity contribution is 7.89. The van der Waals surface area contributed by atoms with E-state index in [9.17, 15) is 13.2 Å². The second-order valence-electron chi connectivity index (χ2n) is 6.73. The number of nitriles is 1. The first kappa shape index (κ1) is 20.7. The standard InChI is InChI=1S/C21H17N5O3S2/c1-26(31(28,29)15-8-6-14(10-22)7-9-15)12-20(27)25-21-24-19(13-30-21)17-11-23-18-5-3-2-4-16(17)18/h2-9,11,13,23H,12H2,1H3,(H,24,25,27). The number of nitrogens with zero attached hydrogens (tertiary/aromatic N) is 3. The van der Waals surface area contributed by atoms with Crippen LogP contribution in [0.4, 0.5) is 5.13 Å². The van der Waals surface area contributed by atoms with Gasteiger partial charge in [-0.15, -0.1) is 11.3 Å². The number of benzene rings is 2. The number of aromatic nitrogens is 2. The first-order valence-electron chi connectivity index (χ1n) is 9.17. The van der Waals surface area contributed by atoms with Crippen LogP contribution >= 0.6 is 11.3 Å². The molecule has 10 heteroatoms. The molecule has 0 aliphatic heterocycles. The lowest BCUT2D eigenvalue weighted by Gasteiger charge is -2.16. The van der Waals surface area contributed by atoms with Gasteiger partial charge in [0.05, 0.1) is 28.8 Å². The summed E-state index contributed by atoms with van der Waals surface area (Å²) in [6.07, 6.45) is 1.86. The summed E-state index contributed by atoms with van der Waals surface area (Å²) in [6, 6.07) is 15.3. The number of amides is 1. The number of fused-ring (bicyclic) bond motifs is 1. The van der Waals surface area contributed by atoms with E-state index in [0.29, 0.717) is 10.7 Å². The Balaban J connectivity index is 1.45. The summed E-state index contributed by atoms with van der Waals surface area (Å²) in [6.45, 7) is -0.371. The number of anilines is 1. The second-order valence-corrected chi connectivity index (χ2v) is 9.63. The average Bonchev–Trinajstić information content (AvgIpc) is 3.40. The fraction of sp³-hybridized carbons (Fsp3) is 0.0952. The summed E-state index contributed by atoms with van der Waals surface area (Å²) in [4.78, 5) is 20.1. The molecule has 156 valence electrons. The van der Waals surface area contributed by atoms with E-state index in [1.165, 1.54) is 42.6 Å². The Morgan fingerprint density at radius 1 is 1.23 bits per heavy atom. The van der Waals surface area contributed by atoms with Crippen LogP contribution in [0.5, 0.6) is 0 Å². The van der Waals surface area contributed by atoms with Crippen LogP contribution in [0.25, 0.3) is 22.2 Å². The van der Waals surface area contributed by atoms with Gasteiger partial charge in [0.25, 0.3) is 0 Å². The molecule has 0 spiro atoms. The van der Waals surface area contributed by atoms with Crippen LogP contribution in [-0.2, 0) is 14.8 Å². The van der Waals surface area contributed by atoms with Crippen molar-refractivity contribution in [1.82, 2.24) is 14.3 Å². The Morgan fingerprint density at radius 3 is 2.71 bits per heavy atom. The molecule has 2 aromatic heterocycles. The summed E-state index contributed by atoms with van der Waals surface area (Å²) < 4.78 is 26.3. The predicted molar refractivity (Wildman–Crippen MR) is 119 cm³/mol. The number of hydrogen-bond donors (Lipinski definition) is 2. The maximum absolute atomic E-state index is 12.7. The third-order valence-corrected chi connectivity index (χ3v) is 7.25. The van der Waals surface area contributed by atoms with Crippen molar-refractivity contribution in [2.24, 2.45) is 0 Å². The molecule has 1 amide bonds. The van der Waals surface area contributed by atoms with E-state index in [1.807, 2.05) is 41.9 Å². The molecule has 8 nitrogen and oxygen atoms in total. The summed E-state index contributed by atoms with van der Waals surface area (Å²) in [5.74, 6) is -0.500. The average molecular weight is 452 g/mol. The molecule has 2 heterocycles. The lowest BCUT2D eigenvalue weighted by atomic mass is 10.1. The van der Waals surface area contributed by atoms with Gasteiger partial charge in [-0.25, -0.2) is 13.4 Å². The molecule has 0 saturated heterocycles. The molecule has 0 saturated carbocycles. The molecule has 0 fully saturated rings. The number of para-hydroxylation sites is 1. The topological polar surface area (TPSA) is 119 Å². The highest BCUT2D eigenvalue weighted by atomic mass is 32.2. The Bertz CT molecular complexity index is 1400. The van der Waals surface area contributed by atoms with Gasteiger partial charge in [-0.3, -0.25) is 4.79 Å². The van der Waals surface area contributed by atoms with E-state index in [2.05, 4.69) is 15.3 Å². The fourth-order valence-corrected chi connectivity index (χ4v) is 4.92. The minimum Gasteiger partial charge on any atom is -0.360 e. The normalized spacial score (nSPS) is 11.5. The quantitative estimate of drug-likeness (QED) is 0.466. The highest BCUT2D eigenvalue weighted by Crippen LogP contribution is 2.30. The van der Waals surface area contributed by atoms with Gasteiger partial charge in [0.1, 0.15) is 0 Å². The number of sulfonamides is 1. The van der Waals surface area contributed by atoms with Crippen LogP contribution in [-0.4, -0.2) is 42.2 Å². The summed E-state index contributed by atoms with van der Waals surface area (Å²) in [5, 5.41) is 14.7. The number of thiazole rings is 1. The van der Waals surface area contributed by atoms with Crippen molar-refractivity contribution in [3.63, 3.8) is 0 Å². The van der Waals surface area contributed by atoms with E-state index >= 15 is 0 Å². The molecule has 0 unspecified atom stereocenters. The molecular formula is C21H17N5O3S2. The van der Waals surface area contributed by atoms with Crippen LogP contribution in [0, 0.1) is 11.3 Å². The van der Waals surface area contributed by atoms with Gasteiger partial charge in [-0.1, -0.05) is 18.2 Å². The van der Waals surface area contributed by atoms with Crippen LogP contribution in [0.3, 0.4) is 0 Å². The van der Waals surface area contributed by atoms with Gasteiger partial charge in [0.15, 0.2) is 5.13 Å². The van der Waals surface area contributed by atoms with Crippen LogP contribution in [0.15, 0.2) is 65.0 Å². The number of carbonyl (C=O) groups excluding carboxylic acids is 1. The molecule has 0 aliphatic carbocycles. The largest absolute Gasteiger partial charge is 0.360 e. The van der Waals surface area contributed by atoms with Crippen molar-refractivity contribution >= 4 is 43.3 Å². The molecule has 4 aromatic rings. The molecule has 0 bridgehead atoms. The van der Waals surface area contributed by atoms with Gasteiger partial charge in [-0.05, 0) is 30.3 Å². The SMILES string of the molecule is CN(CC(=O)Nc1nc(-c2c[nH]c3ccccc23)cs1)S(=O)(=O)c1ccc(C#N)cc1. The molecule has 4 rings (SSSR count). The fourth-order valence-electron chi connectivity index (χ4n) is 3.07. The number of likely N-dealkylation sites (N-methyl/N-ethyl adjacent to an activating group) is 1. The smallest absolute Gasteiger partial charge is 0.243 e. The van der Waals surface area contributed by atoms with Gasteiger partial charge in [-0.2, -0.15) is 9.57 Å². The number of carbonyl (C=O) groups is 1. The Morgan fingerprint density at radius 2 is 1.97 bits per heavy atom. The first-order valence-corrected chi connectivity index (χ1v) is 11.5. The zero-order chi connectivity index (χ0) is 22.0. The number of nitrogens with one attached hydrogen (secondary N) is 2. The van der Waals surface area contributed by atoms with E-state index in [1.54, 1.807) is 0 Å². The van der Waals surface area contributed by atoms with Crippen molar-refractivity contribution in [3.8, 4) is 17.3 Å². The van der Waals surface area contributed by atoms with Gasteiger partial charge in [0, 0.05) is 35.1 Å². The molecule has 31 heavy (non-hydrogen) atoms. The molecule has 0 aliphatic rings. The third kappa shape index (κ3) is 4.20. The van der Waals surface area contributed by atoms with Crippen LogP contribution < -0.4 is 5.32 Å². The monoisotopic (exact) mass is 451 g/mol. The first-order chi connectivity index (χ1) is 14.9. The second kappa shape index (κ2) is 8.31. The predicted octanol–water partition coefficient (Wildman–Crippen LogP) is 3.42. The Labute approximate surface area is 182 Å². The van der Waals surface area contributed by atoms with Crippen molar-refractivity contribution in [3.05, 3.63) is 65.7 Å². The van der Waals surface area contributed by atoms with Gasteiger partial charge in [0.2, 0.25) is 15.9 Å². The van der Waals surface area contributed by atoms with Gasteiger partial charge < -0.3 is 10.3 Å². The summed E-state index contributed by atoms with van der Waals surface area (Å²) >= 11 is 1.26. The van der Waals surface area contributed by atoms with Crippen LogP contribution in [0.1, 0.15) is 5.56 Å². The molecular weight excluding hydrogens is 434 g/mol. The molecule has 2 N–H and O–H groups in total. The number of aromatic amines is 1. The minimum absolute atomic E-state index is 0.0117. The van der Waals surface area contributed by atoms with E-state index in [-0.39, 0.29) is 11.4 Å². The Hall–Kier alpha value is -3.52. The number of hydrogen-bond acceptors (Lipinski definition) is 6. The van der Waals surface area contributed by atoms with Crippen molar-refractivity contribution in [2.45, 2.75) is 4.90 Å². The highest BCUT2D eigenvalue weighted by Gasteiger charge is 2.23. The molecule has 2 aromatic carbocycles. The molecule has 0 radical (unpaired) electrons. The maximum Gasteiger partial charge on any atom is 0.243 e. The van der Waals surface area contributed by atoms with E-state index in [0.717, 1.165) is 26.5 Å². The molecule has 0 atom stereocenters. The van der Waals surface area contributed by atoms with Gasteiger partial charge >= 0.3 is 0 Å². The minimum atomic E-state index is -3.86. The maximum atomic E-state index is 12.7. The number of H-pyrrole nitrogens is 1. The van der Waals surface area contributed by atoms with E-state index in [4.69, 9.17) is 5.26 Å². The van der Waals surface area contributed by atoms with Crippen molar-refractivity contribution in [1.29, 1.82) is 5.26 Å².